The quantitative estimate of drug-likeness (QED) is 0.435. The maximum Gasteiger partial charge on any atom is 0.234 e. The van der Waals surface area contributed by atoms with Crippen LogP contribution in [-0.2, 0) is 11.3 Å². The molecule has 1 fully saturated rings. The highest BCUT2D eigenvalue weighted by Crippen LogP contribution is 2.27. The van der Waals surface area contributed by atoms with Crippen LogP contribution in [0.15, 0.2) is 70.4 Å². The summed E-state index contributed by atoms with van der Waals surface area (Å²) in [7, 11) is 0. The number of carbonyl (C=O) groups excluding carboxylic acids is 1. The van der Waals surface area contributed by atoms with Crippen molar-refractivity contribution >= 4 is 40.1 Å². The van der Waals surface area contributed by atoms with Crippen molar-refractivity contribution in [1.82, 2.24) is 14.8 Å². The second kappa shape index (κ2) is 8.85. The molecule has 2 aromatic heterocycles. The molecule has 8 heteroatoms. The molecule has 0 saturated carbocycles. The predicted octanol–water partition coefficient (Wildman–Crippen LogP) is 4.40. The van der Waals surface area contributed by atoms with Gasteiger partial charge in [-0.1, -0.05) is 48.2 Å². The van der Waals surface area contributed by atoms with Crippen LogP contribution in [0.4, 0.5) is 11.6 Å². The van der Waals surface area contributed by atoms with Gasteiger partial charge in [-0.3, -0.25) is 9.36 Å². The van der Waals surface area contributed by atoms with Crippen molar-refractivity contribution in [3.63, 3.8) is 0 Å². The highest BCUT2D eigenvalue weighted by atomic mass is 32.2. The summed E-state index contributed by atoms with van der Waals surface area (Å²) in [5.41, 5.74) is 0.818. The van der Waals surface area contributed by atoms with Gasteiger partial charge in [0.15, 0.2) is 5.16 Å². The molecular formula is C23H23N5O2S. The van der Waals surface area contributed by atoms with Gasteiger partial charge in [-0.15, -0.1) is 10.2 Å². The summed E-state index contributed by atoms with van der Waals surface area (Å²) in [6.07, 6.45) is 3.98. The minimum Gasteiger partial charge on any atom is -0.467 e. The lowest BCUT2D eigenvalue weighted by Gasteiger charge is -2.17. The maximum absolute atomic E-state index is 12.7. The molecule has 0 aliphatic carbocycles. The number of nitrogens with zero attached hydrogens (tertiary/aromatic N) is 4. The molecule has 1 amide bonds. The first-order valence-electron chi connectivity index (χ1n) is 10.4. The molecule has 2 aromatic carbocycles. The zero-order chi connectivity index (χ0) is 21.0. The SMILES string of the molecule is O=C(CSc1nnc(N2CCCC2)n1Cc1ccco1)Nc1cccc2ccccc12. The van der Waals surface area contributed by atoms with Gasteiger partial charge in [0.1, 0.15) is 5.76 Å². The van der Waals surface area contributed by atoms with Crippen molar-refractivity contribution in [2.45, 2.75) is 24.5 Å². The van der Waals surface area contributed by atoms with Crippen LogP contribution in [0.25, 0.3) is 10.8 Å². The van der Waals surface area contributed by atoms with Crippen molar-refractivity contribution in [2.75, 3.05) is 29.1 Å². The van der Waals surface area contributed by atoms with Crippen molar-refractivity contribution in [1.29, 1.82) is 0 Å². The smallest absolute Gasteiger partial charge is 0.234 e. The fourth-order valence-electron chi connectivity index (χ4n) is 3.89. The highest BCUT2D eigenvalue weighted by molar-refractivity contribution is 7.99. The Morgan fingerprint density at radius 1 is 1.03 bits per heavy atom. The van der Waals surface area contributed by atoms with E-state index in [-0.39, 0.29) is 11.7 Å². The number of hydrogen-bond acceptors (Lipinski definition) is 6. The Labute approximate surface area is 184 Å². The van der Waals surface area contributed by atoms with E-state index in [4.69, 9.17) is 4.42 Å². The summed E-state index contributed by atoms with van der Waals surface area (Å²) in [5, 5.41) is 14.7. The van der Waals surface area contributed by atoms with Crippen molar-refractivity contribution in [3.05, 3.63) is 66.6 Å². The molecular weight excluding hydrogens is 410 g/mol. The van der Waals surface area contributed by atoms with E-state index < -0.39 is 0 Å². The van der Waals surface area contributed by atoms with E-state index >= 15 is 0 Å². The average Bonchev–Trinajstić information content (AvgIpc) is 3.56. The number of nitrogens with one attached hydrogen (secondary N) is 1. The van der Waals surface area contributed by atoms with Crippen LogP contribution in [0.3, 0.4) is 0 Å². The van der Waals surface area contributed by atoms with E-state index in [1.807, 2.05) is 59.2 Å². The van der Waals surface area contributed by atoms with Gasteiger partial charge in [-0.05, 0) is 36.4 Å². The van der Waals surface area contributed by atoms with E-state index in [1.165, 1.54) is 11.8 Å². The Morgan fingerprint density at radius 2 is 1.87 bits per heavy atom. The summed E-state index contributed by atoms with van der Waals surface area (Å²) in [4.78, 5) is 14.9. The molecule has 1 N–H and O–H groups in total. The molecule has 0 spiro atoms. The average molecular weight is 434 g/mol. The normalized spacial score (nSPS) is 13.7. The molecule has 0 bridgehead atoms. The molecule has 3 heterocycles. The van der Waals surface area contributed by atoms with Gasteiger partial charge in [-0.2, -0.15) is 0 Å². The van der Waals surface area contributed by atoms with Crippen LogP contribution in [0.5, 0.6) is 0 Å². The Bertz CT molecular complexity index is 1180. The van der Waals surface area contributed by atoms with Gasteiger partial charge in [0, 0.05) is 24.2 Å². The summed E-state index contributed by atoms with van der Waals surface area (Å²) in [6.45, 7) is 2.49. The number of rotatable bonds is 7. The fourth-order valence-corrected chi connectivity index (χ4v) is 4.62. The zero-order valence-electron chi connectivity index (χ0n) is 17.0. The largest absolute Gasteiger partial charge is 0.467 e. The van der Waals surface area contributed by atoms with E-state index in [0.717, 1.165) is 54.1 Å². The molecule has 5 rings (SSSR count). The summed E-state index contributed by atoms with van der Waals surface area (Å²) in [5.74, 6) is 1.85. The van der Waals surface area contributed by atoms with Crippen LogP contribution < -0.4 is 10.2 Å². The monoisotopic (exact) mass is 433 g/mol. The van der Waals surface area contributed by atoms with E-state index in [9.17, 15) is 4.79 Å². The Hall–Kier alpha value is -3.26. The Balaban J connectivity index is 1.32. The van der Waals surface area contributed by atoms with Gasteiger partial charge in [0.2, 0.25) is 11.9 Å². The Kier molecular flexibility index (Phi) is 5.62. The minimum atomic E-state index is -0.0726. The number of furan rings is 1. The molecule has 0 unspecified atom stereocenters. The number of aromatic nitrogens is 3. The molecule has 1 aliphatic heterocycles. The number of carbonyl (C=O) groups is 1. The fraction of sp³-hybridized carbons (Fsp3) is 0.261. The van der Waals surface area contributed by atoms with Gasteiger partial charge < -0.3 is 14.6 Å². The van der Waals surface area contributed by atoms with Crippen LogP contribution in [0.1, 0.15) is 18.6 Å². The summed E-state index contributed by atoms with van der Waals surface area (Å²) >= 11 is 1.39. The highest BCUT2D eigenvalue weighted by Gasteiger charge is 2.22. The standard InChI is InChI=1S/C23H23N5O2S/c29-21(24-20-11-5-8-17-7-1-2-10-19(17)20)16-31-23-26-25-22(27-12-3-4-13-27)28(23)15-18-9-6-14-30-18/h1-2,5-11,14H,3-4,12-13,15-16H2,(H,24,29). The molecule has 4 aromatic rings. The molecule has 1 saturated heterocycles. The number of anilines is 2. The molecule has 158 valence electrons. The third kappa shape index (κ3) is 4.29. The van der Waals surface area contributed by atoms with E-state index in [1.54, 1.807) is 6.26 Å². The van der Waals surface area contributed by atoms with Gasteiger partial charge >= 0.3 is 0 Å². The Morgan fingerprint density at radius 3 is 2.71 bits per heavy atom. The lowest BCUT2D eigenvalue weighted by atomic mass is 10.1. The molecule has 7 nitrogen and oxygen atoms in total. The number of amides is 1. The van der Waals surface area contributed by atoms with Gasteiger partial charge in [0.25, 0.3) is 0 Å². The molecule has 0 radical (unpaired) electrons. The number of fused-ring (bicyclic) bond motifs is 1. The molecule has 31 heavy (non-hydrogen) atoms. The maximum atomic E-state index is 12.7. The zero-order valence-corrected chi connectivity index (χ0v) is 17.8. The third-order valence-electron chi connectivity index (χ3n) is 5.38. The number of benzene rings is 2. The van der Waals surface area contributed by atoms with Gasteiger partial charge in [-0.25, -0.2) is 0 Å². The summed E-state index contributed by atoms with van der Waals surface area (Å²) < 4.78 is 7.58. The lowest BCUT2D eigenvalue weighted by Crippen LogP contribution is -2.22. The van der Waals surface area contributed by atoms with Crippen LogP contribution in [0.2, 0.25) is 0 Å². The van der Waals surface area contributed by atoms with Crippen LogP contribution >= 0.6 is 11.8 Å². The minimum absolute atomic E-state index is 0.0726. The third-order valence-corrected chi connectivity index (χ3v) is 6.34. The molecule has 0 atom stereocenters. The summed E-state index contributed by atoms with van der Waals surface area (Å²) in [6, 6.07) is 17.8. The van der Waals surface area contributed by atoms with Gasteiger partial charge in [0.05, 0.1) is 18.6 Å². The second-order valence-corrected chi connectivity index (χ2v) is 8.45. The van der Waals surface area contributed by atoms with Crippen molar-refractivity contribution in [2.24, 2.45) is 0 Å². The second-order valence-electron chi connectivity index (χ2n) is 7.51. The molecule has 1 aliphatic rings. The predicted molar refractivity (Wildman–Crippen MR) is 123 cm³/mol. The van der Waals surface area contributed by atoms with Crippen LogP contribution in [-0.4, -0.2) is 39.5 Å². The van der Waals surface area contributed by atoms with Crippen molar-refractivity contribution < 1.29 is 9.21 Å². The lowest BCUT2D eigenvalue weighted by molar-refractivity contribution is -0.113. The van der Waals surface area contributed by atoms with E-state index in [0.29, 0.717) is 11.7 Å². The first-order valence-corrected chi connectivity index (χ1v) is 11.4. The van der Waals surface area contributed by atoms with Crippen molar-refractivity contribution in [3.8, 4) is 0 Å². The first kappa shape index (κ1) is 19.7. The topological polar surface area (TPSA) is 76.2 Å². The number of hydrogen-bond donors (Lipinski definition) is 1. The number of thioether (sulfide) groups is 1. The van der Waals surface area contributed by atoms with E-state index in [2.05, 4.69) is 20.4 Å². The first-order chi connectivity index (χ1) is 15.3. The van der Waals surface area contributed by atoms with Crippen LogP contribution in [0, 0.1) is 0 Å².